The van der Waals surface area contributed by atoms with Crippen LogP contribution in [0, 0.1) is 0 Å². The summed E-state index contributed by atoms with van der Waals surface area (Å²) in [5.74, 6) is 0. The van der Waals surface area contributed by atoms with Crippen LogP contribution in [0.1, 0.15) is 13.8 Å². The highest BCUT2D eigenvalue weighted by atomic mass is 19.4. The van der Waals surface area contributed by atoms with Crippen LogP contribution in [0.4, 0.5) is 13.2 Å². The van der Waals surface area contributed by atoms with Crippen molar-refractivity contribution < 1.29 is 17.9 Å². The number of ether oxygens (including phenoxy) is 1. The van der Waals surface area contributed by atoms with Crippen molar-refractivity contribution in [3.63, 3.8) is 0 Å². The first-order valence-electron chi connectivity index (χ1n) is 6.50. The molecule has 19 heavy (non-hydrogen) atoms. The summed E-state index contributed by atoms with van der Waals surface area (Å²) in [7, 11) is 1.62. The molecule has 2 N–H and O–H groups in total. The van der Waals surface area contributed by atoms with Gasteiger partial charge in [0.2, 0.25) is 0 Å². The van der Waals surface area contributed by atoms with E-state index in [1.807, 2.05) is 13.8 Å². The highest BCUT2D eigenvalue weighted by Crippen LogP contribution is 2.24. The number of nitrogens with two attached hydrogens (primary N) is 1. The van der Waals surface area contributed by atoms with E-state index in [0.29, 0.717) is 32.7 Å². The molecule has 0 radical (unpaired) electrons. The highest BCUT2D eigenvalue weighted by molar-refractivity contribution is 4.95. The third-order valence-corrected chi connectivity index (χ3v) is 4.14. The molecule has 0 aromatic heterocycles. The monoisotopic (exact) mass is 283 g/mol. The van der Waals surface area contributed by atoms with E-state index in [-0.39, 0.29) is 11.6 Å². The predicted molar refractivity (Wildman–Crippen MR) is 68.0 cm³/mol. The second kappa shape index (κ2) is 6.39. The fourth-order valence-corrected chi connectivity index (χ4v) is 2.48. The quantitative estimate of drug-likeness (QED) is 0.814. The van der Waals surface area contributed by atoms with E-state index in [1.54, 1.807) is 7.11 Å². The average Bonchev–Trinajstić information content (AvgIpc) is 2.35. The lowest BCUT2D eigenvalue weighted by atomic mass is 9.92. The molecular formula is C12H24F3N3O. The summed E-state index contributed by atoms with van der Waals surface area (Å²) in [5, 5.41) is 0. The molecule has 7 heteroatoms. The summed E-state index contributed by atoms with van der Waals surface area (Å²) in [4.78, 5) is 3.57. The summed E-state index contributed by atoms with van der Waals surface area (Å²) < 4.78 is 42.3. The molecule has 1 heterocycles. The van der Waals surface area contributed by atoms with Crippen molar-refractivity contribution in [2.75, 3.05) is 46.4 Å². The minimum Gasteiger partial charge on any atom is -0.380 e. The lowest BCUT2D eigenvalue weighted by molar-refractivity contribution is -0.152. The van der Waals surface area contributed by atoms with Crippen LogP contribution in [-0.2, 0) is 4.74 Å². The zero-order chi connectivity index (χ0) is 14.7. The first kappa shape index (κ1) is 16.7. The molecule has 0 saturated carbocycles. The maximum Gasteiger partial charge on any atom is 0.401 e. The number of nitrogens with zero attached hydrogens (tertiary/aromatic N) is 2. The molecule has 0 aromatic carbocycles. The number of hydrogen-bond donors (Lipinski definition) is 1. The van der Waals surface area contributed by atoms with Gasteiger partial charge in [-0.2, -0.15) is 13.2 Å². The van der Waals surface area contributed by atoms with E-state index in [1.165, 1.54) is 4.90 Å². The van der Waals surface area contributed by atoms with E-state index in [0.717, 1.165) is 0 Å². The van der Waals surface area contributed by atoms with Crippen LogP contribution in [-0.4, -0.2) is 74.0 Å². The van der Waals surface area contributed by atoms with Crippen LogP contribution in [0.3, 0.4) is 0 Å². The van der Waals surface area contributed by atoms with Crippen molar-refractivity contribution in [1.82, 2.24) is 9.80 Å². The van der Waals surface area contributed by atoms with Crippen LogP contribution in [0.5, 0.6) is 0 Å². The third-order valence-electron chi connectivity index (χ3n) is 4.14. The molecule has 0 aliphatic carbocycles. The van der Waals surface area contributed by atoms with Crippen molar-refractivity contribution in [3.05, 3.63) is 0 Å². The lowest BCUT2D eigenvalue weighted by Gasteiger charge is -2.48. The fourth-order valence-electron chi connectivity index (χ4n) is 2.48. The van der Waals surface area contributed by atoms with Crippen LogP contribution in [0.25, 0.3) is 0 Å². The van der Waals surface area contributed by atoms with Gasteiger partial charge in [0.1, 0.15) is 0 Å². The van der Waals surface area contributed by atoms with Crippen molar-refractivity contribution in [2.45, 2.75) is 31.7 Å². The number of piperazine rings is 1. The van der Waals surface area contributed by atoms with Gasteiger partial charge >= 0.3 is 6.18 Å². The van der Waals surface area contributed by atoms with Crippen LogP contribution < -0.4 is 5.73 Å². The highest BCUT2D eigenvalue weighted by Gasteiger charge is 2.39. The Hall–Kier alpha value is -0.370. The van der Waals surface area contributed by atoms with Crippen molar-refractivity contribution in [2.24, 2.45) is 5.73 Å². The van der Waals surface area contributed by atoms with Crippen LogP contribution >= 0.6 is 0 Å². The molecule has 0 bridgehead atoms. The largest absolute Gasteiger partial charge is 0.401 e. The summed E-state index contributed by atoms with van der Waals surface area (Å²) in [6.07, 6.45) is -4.19. The van der Waals surface area contributed by atoms with Crippen molar-refractivity contribution in [1.29, 1.82) is 0 Å². The average molecular weight is 283 g/mol. The smallest absolute Gasteiger partial charge is 0.380 e. The summed E-state index contributed by atoms with van der Waals surface area (Å²) in [6.45, 7) is 5.50. The minimum atomic E-state index is -4.13. The van der Waals surface area contributed by atoms with Gasteiger partial charge in [-0.05, 0) is 13.8 Å². The third kappa shape index (κ3) is 4.30. The molecule has 1 aliphatic heterocycles. The molecule has 2 unspecified atom stereocenters. The van der Waals surface area contributed by atoms with E-state index >= 15 is 0 Å². The Morgan fingerprint density at radius 1 is 1.21 bits per heavy atom. The molecule has 0 spiro atoms. The van der Waals surface area contributed by atoms with Gasteiger partial charge in [0.15, 0.2) is 0 Å². The first-order chi connectivity index (χ1) is 8.73. The van der Waals surface area contributed by atoms with Gasteiger partial charge in [-0.25, -0.2) is 0 Å². The molecular weight excluding hydrogens is 259 g/mol. The number of rotatable bonds is 5. The van der Waals surface area contributed by atoms with Crippen molar-refractivity contribution >= 4 is 0 Å². The van der Waals surface area contributed by atoms with Gasteiger partial charge in [0.25, 0.3) is 0 Å². The Balaban J connectivity index is 2.57. The van der Waals surface area contributed by atoms with Crippen molar-refractivity contribution in [3.8, 4) is 0 Å². The van der Waals surface area contributed by atoms with Gasteiger partial charge in [0, 0.05) is 39.8 Å². The maximum absolute atomic E-state index is 12.3. The zero-order valence-electron chi connectivity index (χ0n) is 11.8. The summed E-state index contributed by atoms with van der Waals surface area (Å²) in [5.41, 5.74) is 5.50. The Morgan fingerprint density at radius 2 is 1.74 bits per heavy atom. The topological polar surface area (TPSA) is 41.7 Å². The maximum atomic E-state index is 12.3. The van der Waals surface area contributed by atoms with Crippen LogP contribution in [0.2, 0.25) is 0 Å². The Kier molecular flexibility index (Phi) is 5.61. The second-order valence-electron chi connectivity index (χ2n) is 5.32. The molecule has 1 fully saturated rings. The SMILES string of the molecule is COC(C)C(C)(CN)N1CCN(CC(F)(F)F)CC1. The molecule has 114 valence electrons. The van der Waals surface area contributed by atoms with E-state index in [9.17, 15) is 13.2 Å². The van der Waals surface area contributed by atoms with Gasteiger partial charge < -0.3 is 10.5 Å². The second-order valence-corrected chi connectivity index (χ2v) is 5.32. The predicted octanol–water partition coefficient (Wildman–Crippen LogP) is 0.919. The molecule has 2 atom stereocenters. The number of alkyl halides is 3. The van der Waals surface area contributed by atoms with E-state index in [4.69, 9.17) is 10.5 Å². The number of hydrogen-bond acceptors (Lipinski definition) is 4. The summed E-state index contributed by atoms with van der Waals surface area (Å²) in [6, 6.07) is 0. The molecule has 0 aromatic rings. The molecule has 4 nitrogen and oxygen atoms in total. The van der Waals surface area contributed by atoms with E-state index in [2.05, 4.69) is 4.90 Å². The van der Waals surface area contributed by atoms with Gasteiger partial charge in [-0.1, -0.05) is 0 Å². The fraction of sp³-hybridized carbons (Fsp3) is 1.00. The standard InChI is InChI=1S/C12H24F3N3O/c1-10(19-3)11(2,8-16)18-6-4-17(5-7-18)9-12(13,14)15/h10H,4-9,16H2,1-3H3. The Morgan fingerprint density at radius 3 is 2.11 bits per heavy atom. The minimum absolute atomic E-state index is 0.0633. The number of halogens is 3. The Labute approximate surface area is 112 Å². The Bertz CT molecular complexity index is 280. The normalized spacial score (nSPS) is 24.2. The van der Waals surface area contributed by atoms with Gasteiger partial charge in [-0.3, -0.25) is 9.80 Å². The molecule has 1 aliphatic rings. The van der Waals surface area contributed by atoms with Gasteiger partial charge in [0.05, 0.1) is 18.2 Å². The zero-order valence-corrected chi connectivity index (χ0v) is 11.8. The van der Waals surface area contributed by atoms with E-state index < -0.39 is 12.7 Å². The van der Waals surface area contributed by atoms with Crippen LogP contribution in [0.15, 0.2) is 0 Å². The summed E-state index contributed by atoms with van der Waals surface area (Å²) >= 11 is 0. The lowest BCUT2D eigenvalue weighted by Crippen LogP contribution is -2.64. The first-order valence-corrected chi connectivity index (χ1v) is 6.50. The molecule has 1 saturated heterocycles. The molecule has 0 amide bonds. The van der Waals surface area contributed by atoms with Gasteiger partial charge in [-0.15, -0.1) is 0 Å². The molecule has 1 rings (SSSR count). The number of methoxy groups -OCH3 is 1.